The number of hydrogen-bond acceptors (Lipinski definition) is 3. The Bertz CT molecular complexity index is 423. The van der Waals surface area contributed by atoms with Gasteiger partial charge in [0.1, 0.15) is 5.75 Å². The van der Waals surface area contributed by atoms with Crippen LogP contribution < -0.4 is 15.4 Å². The molecule has 0 aliphatic rings. The van der Waals surface area contributed by atoms with Gasteiger partial charge in [-0.3, -0.25) is 4.90 Å². The number of benzene rings is 1. The second-order valence-electron chi connectivity index (χ2n) is 4.55. The molecule has 1 atom stereocenters. The van der Waals surface area contributed by atoms with E-state index in [1.54, 1.807) is 14.2 Å². The Morgan fingerprint density at radius 1 is 1.40 bits per heavy atom. The van der Waals surface area contributed by atoms with Gasteiger partial charge in [0, 0.05) is 31.7 Å². The second-order valence-corrected chi connectivity index (χ2v) is 4.55. The number of rotatable bonds is 7. The van der Waals surface area contributed by atoms with E-state index in [-0.39, 0.29) is 12.1 Å². The fourth-order valence-corrected chi connectivity index (χ4v) is 2.24. The minimum Gasteiger partial charge on any atom is -0.496 e. The molecular weight excluding hydrogens is 254 g/mol. The fourth-order valence-electron chi connectivity index (χ4n) is 2.24. The van der Waals surface area contributed by atoms with Gasteiger partial charge >= 0.3 is 6.03 Å². The van der Waals surface area contributed by atoms with Gasteiger partial charge in [0.25, 0.3) is 0 Å². The Kier molecular flexibility index (Phi) is 6.87. The van der Waals surface area contributed by atoms with Crippen LogP contribution in [0, 0.1) is 0 Å². The van der Waals surface area contributed by atoms with E-state index in [0.29, 0.717) is 6.54 Å². The van der Waals surface area contributed by atoms with Crippen molar-refractivity contribution in [3.63, 3.8) is 0 Å². The van der Waals surface area contributed by atoms with Crippen molar-refractivity contribution in [1.82, 2.24) is 15.5 Å². The van der Waals surface area contributed by atoms with Crippen molar-refractivity contribution in [2.45, 2.75) is 19.9 Å². The molecule has 20 heavy (non-hydrogen) atoms. The van der Waals surface area contributed by atoms with Gasteiger partial charge in [-0.2, -0.15) is 0 Å². The first-order valence-corrected chi connectivity index (χ1v) is 6.96. The molecule has 1 aromatic carbocycles. The van der Waals surface area contributed by atoms with Crippen molar-refractivity contribution in [2.24, 2.45) is 0 Å². The third-order valence-electron chi connectivity index (χ3n) is 3.45. The Morgan fingerprint density at radius 3 is 2.70 bits per heavy atom. The number of methoxy groups -OCH3 is 1. The van der Waals surface area contributed by atoms with Crippen LogP contribution in [-0.2, 0) is 0 Å². The van der Waals surface area contributed by atoms with Crippen LogP contribution in [0.25, 0.3) is 0 Å². The van der Waals surface area contributed by atoms with E-state index in [1.807, 2.05) is 18.2 Å². The number of nitrogens with one attached hydrogen (secondary N) is 2. The molecule has 0 saturated heterocycles. The van der Waals surface area contributed by atoms with Crippen LogP contribution in [0.1, 0.15) is 25.5 Å². The summed E-state index contributed by atoms with van der Waals surface area (Å²) in [4.78, 5) is 13.5. The molecule has 0 bridgehead atoms. The van der Waals surface area contributed by atoms with Crippen LogP contribution >= 0.6 is 0 Å². The molecular formula is C15H25N3O2. The van der Waals surface area contributed by atoms with E-state index in [1.165, 1.54) is 0 Å². The van der Waals surface area contributed by atoms with Crippen molar-refractivity contribution < 1.29 is 9.53 Å². The van der Waals surface area contributed by atoms with Crippen LogP contribution in [0.2, 0.25) is 0 Å². The van der Waals surface area contributed by atoms with Gasteiger partial charge in [0.15, 0.2) is 0 Å². The Hall–Kier alpha value is -1.75. The molecule has 0 saturated carbocycles. The highest BCUT2D eigenvalue weighted by molar-refractivity contribution is 5.73. The fraction of sp³-hybridized carbons (Fsp3) is 0.533. The van der Waals surface area contributed by atoms with Crippen LogP contribution in [0.3, 0.4) is 0 Å². The lowest BCUT2D eigenvalue weighted by Crippen LogP contribution is -2.39. The highest BCUT2D eigenvalue weighted by Gasteiger charge is 2.17. The van der Waals surface area contributed by atoms with Gasteiger partial charge in [0.05, 0.1) is 7.11 Å². The summed E-state index contributed by atoms with van der Waals surface area (Å²) >= 11 is 0. The van der Waals surface area contributed by atoms with E-state index in [2.05, 4.69) is 35.4 Å². The Morgan fingerprint density at radius 2 is 2.10 bits per heavy atom. The molecule has 5 nitrogen and oxygen atoms in total. The molecule has 5 heteroatoms. The summed E-state index contributed by atoms with van der Waals surface area (Å²) in [5, 5.41) is 5.36. The summed E-state index contributed by atoms with van der Waals surface area (Å²) in [6.07, 6.45) is 0. The number of carbonyl (C=O) groups excluding carboxylic acids is 1. The van der Waals surface area contributed by atoms with E-state index in [9.17, 15) is 4.79 Å². The van der Waals surface area contributed by atoms with Gasteiger partial charge in [-0.25, -0.2) is 4.79 Å². The van der Waals surface area contributed by atoms with Crippen molar-refractivity contribution in [2.75, 3.05) is 33.8 Å². The largest absolute Gasteiger partial charge is 0.496 e. The maximum Gasteiger partial charge on any atom is 0.314 e. The zero-order valence-electron chi connectivity index (χ0n) is 12.8. The van der Waals surface area contributed by atoms with Gasteiger partial charge in [-0.1, -0.05) is 25.1 Å². The zero-order valence-corrected chi connectivity index (χ0v) is 12.8. The first kappa shape index (κ1) is 16.3. The number of urea groups is 1. The van der Waals surface area contributed by atoms with Crippen molar-refractivity contribution >= 4 is 6.03 Å². The summed E-state index contributed by atoms with van der Waals surface area (Å²) in [5.74, 6) is 0.901. The quantitative estimate of drug-likeness (QED) is 0.803. The van der Waals surface area contributed by atoms with Crippen LogP contribution in [0.4, 0.5) is 4.79 Å². The maximum absolute atomic E-state index is 11.2. The maximum atomic E-state index is 11.2. The standard InChI is InChI=1S/C15H25N3O2/c1-5-18(11-10-17-15(19)16-3)12(2)13-8-6-7-9-14(13)20-4/h6-9,12H,5,10-11H2,1-4H3,(H2,16,17,19)/t12-/m0/s1. The average molecular weight is 279 g/mol. The third kappa shape index (κ3) is 4.42. The van der Waals surface area contributed by atoms with Crippen LogP contribution in [-0.4, -0.2) is 44.7 Å². The Labute approximate surface area is 121 Å². The van der Waals surface area contributed by atoms with Gasteiger partial charge in [-0.15, -0.1) is 0 Å². The summed E-state index contributed by atoms with van der Waals surface area (Å²) in [7, 11) is 3.30. The SMILES string of the molecule is CCN(CCNC(=O)NC)[C@@H](C)c1ccccc1OC. The lowest BCUT2D eigenvalue weighted by molar-refractivity contribution is 0.213. The molecule has 0 unspecified atom stereocenters. The number of hydrogen-bond donors (Lipinski definition) is 2. The number of nitrogens with zero attached hydrogens (tertiary/aromatic N) is 1. The summed E-state index contributed by atoms with van der Waals surface area (Å²) in [5.41, 5.74) is 1.16. The Balaban J connectivity index is 2.66. The monoisotopic (exact) mass is 279 g/mol. The normalized spacial score (nSPS) is 12.1. The van der Waals surface area contributed by atoms with Gasteiger partial charge < -0.3 is 15.4 Å². The number of para-hydroxylation sites is 1. The van der Waals surface area contributed by atoms with E-state index < -0.39 is 0 Å². The molecule has 2 amide bonds. The molecule has 0 aliphatic carbocycles. The number of amides is 2. The molecule has 1 aromatic rings. The van der Waals surface area contributed by atoms with Crippen molar-refractivity contribution in [1.29, 1.82) is 0 Å². The molecule has 0 heterocycles. The predicted octanol–water partition coefficient (Wildman–Crippen LogP) is 2.01. The number of ether oxygens (including phenoxy) is 1. The van der Waals surface area contributed by atoms with E-state index in [0.717, 1.165) is 24.4 Å². The average Bonchev–Trinajstić information content (AvgIpc) is 2.50. The lowest BCUT2D eigenvalue weighted by atomic mass is 10.1. The smallest absolute Gasteiger partial charge is 0.314 e. The molecule has 112 valence electrons. The lowest BCUT2D eigenvalue weighted by Gasteiger charge is -2.29. The topological polar surface area (TPSA) is 53.6 Å². The summed E-state index contributed by atoms with van der Waals surface area (Å²) in [6.45, 7) is 6.60. The minimum absolute atomic E-state index is 0.147. The first-order chi connectivity index (χ1) is 9.63. The van der Waals surface area contributed by atoms with Crippen molar-refractivity contribution in [3.8, 4) is 5.75 Å². The van der Waals surface area contributed by atoms with Gasteiger partial charge in [-0.05, 0) is 19.5 Å². The summed E-state index contributed by atoms with van der Waals surface area (Å²) in [6, 6.07) is 8.14. The van der Waals surface area contributed by atoms with E-state index >= 15 is 0 Å². The van der Waals surface area contributed by atoms with Gasteiger partial charge in [0.2, 0.25) is 0 Å². The molecule has 0 aliphatic heterocycles. The summed E-state index contributed by atoms with van der Waals surface area (Å²) < 4.78 is 5.41. The number of likely N-dealkylation sites (N-methyl/N-ethyl adjacent to an activating group) is 1. The molecule has 0 fully saturated rings. The zero-order chi connectivity index (χ0) is 15.0. The first-order valence-electron chi connectivity index (χ1n) is 6.96. The van der Waals surface area contributed by atoms with Crippen LogP contribution in [0.15, 0.2) is 24.3 Å². The minimum atomic E-state index is -0.147. The van der Waals surface area contributed by atoms with Crippen molar-refractivity contribution in [3.05, 3.63) is 29.8 Å². The highest BCUT2D eigenvalue weighted by Crippen LogP contribution is 2.28. The predicted molar refractivity (Wildman–Crippen MR) is 81.1 cm³/mol. The van der Waals surface area contributed by atoms with Crippen LogP contribution in [0.5, 0.6) is 5.75 Å². The molecule has 0 aromatic heterocycles. The molecule has 0 spiro atoms. The molecule has 1 rings (SSSR count). The second kappa shape index (κ2) is 8.43. The van der Waals surface area contributed by atoms with E-state index in [4.69, 9.17) is 4.74 Å². The molecule has 0 radical (unpaired) electrons. The number of carbonyl (C=O) groups is 1. The molecule has 2 N–H and O–H groups in total. The highest BCUT2D eigenvalue weighted by atomic mass is 16.5. The third-order valence-corrected chi connectivity index (χ3v) is 3.45.